The van der Waals surface area contributed by atoms with Crippen molar-refractivity contribution in [2.45, 2.75) is 6.42 Å². The zero-order chi connectivity index (χ0) is 15.2. The van der Waals surface area contributed by atoms with Gasteiger partial charge in [0.25, 0.3) is 0 Å². The van der Waals surface area contributed by atoms with Gasteiger partial charge in [-0.2, -0.15) is 0 Å². The van der Waals surface area contributed by atoms with E-state index in [1.54, 1.807) is 0 Å². The number of nitrogens with zero attached hydrogens (tertiary/aromatic N) is 2. The Labute approximate surface area is 134 Å². The van der Waals surface area contributed by atoms with Gasteiger partial charge in [-0.15, -0.1) is 0 Å². The molecule has 2 heterocycles. The van der Waals surface area contributed by atoms with Crippen LogP contribution < -0.4 is 0 Å². The molecule has 0 unspecified atom stereocenters. The third-order valence-corrected chi connectivity index (χ3v) is 4.59. The van der Waals surface area contributed by atoms with Crippen LogP contribution in [0.1, 0.15) is 11.1 Å². The third kappa shape index (κ3) is 1.88. The molecule has 2 nitrogen and oxygen atoms in total. The molecule has 0 radical (unpaired) electrons. The molecule has 0 bridgehead atoms. The van der Waals surface area contributed by atoms with Gasteiger partial charge in [-0.05, 0) is 28.6 Å². The van der Waals surface area contributed by atoms with Crippen LogP contribution in [0.15, 0.2) is 73.1 Å². The Morgan fingerprint density at radius 3 is 2.65 bits per heavy atom. The molecule has 0 saturated carbocycles. The Kier molecular flexibility index (Phi) is 2.59. The lowest BCUT2D eigenvalue weighted by Gasteiger charge is -2.08. The first-order chi connectivity index (χ1) is 11.4. The minimum Gasteiger partial charge on any atom is -0.264 e. The fourth-order valence-corrected chi connectivity index (χ4v) is 3.47. The molecule has 4 aromatic rings. The van der Waals surface area contributed by atoms with Gasteiger partial charge in [-0.25, -0.2) is 4.98 Å². The summed E-state index contributed by atoms with van der Waals surface area (Å²) in [6.07, 6.45) is 4.73. The Morgan fingerprint density at radius 2 is 1.65 bits per heavy atom. The molecule has 0 N–H and O–H groups in total. The molecule has 0 fully saturated rings. The monoisotopic (exact) mass is 294 g/mol. The van der Waals surface area contributed by atoms with Crippen LogP contribution in [0.25, 0.3) is 33.3 Å². The summed E-state index contributed by atoms with van der Waals surface area (Å²) in [4.78, 5) is 9.21. The van der Waals surface area contributed by atoms with E-state index in [2.05, 4.69) is 65.6 Å². The van der Waals surface area contributed by atoms with Gasteiger partial charge < -0.3 is 0 Å². The minimum absolute atomic E-state index is 0.984. The predicted molar refractivity (Wildman–Crippen MR) is 93.2 cm³/mol. The van der Waals surface area contributed by atoms with E-state index in [9.17, 15) is 0 Å². The lowest BCUT2D eigenvalue weighted by atomic mass is 10.0. The highest BCUT2D eigenvalue weighted by Crippen LogP contribution is 2.37. The maximum absolute atomic E-state index is 4.99. The van der Waals surface area contributed by atoms with Crippen molar-refractivity contribution in [1.82, 2.24) is 9.97 Å². The summed E-state index contributed by atoms with van der Waals surface area (Å²) in [6, 6.07) is 21.3. The molecule has 2 aromatic carbocycles. The third-order valence-electron chi connectivity index (χ3n) is 4.59. The van der Waals surface area contributed by atoms with Crippen molar-refractivity contribution in [2.24, 2.45) is 0 Å². The van der Waals surface area contributed by atoms with Crippen molar-refractivity contribution in [3.8, 4) is 22.5 Å². The van der Waals surface area contributed by atoms with Crippen LogP contribution in [0.4, 0.5) is 0 Å². The molecule has 0 spiro atoms. The van der Waals surface area contributed by atoms with Crippen molar-refractivity contribution >= 4 is 10.8 Å². The van der Waals surface area contributed by atoms with Crippen LogP contribution >= 0.6 is 0 Å². The first-order valence-corrected chi connectivity index (χ1v) is 7.81. The molecule has 0 atom stereocenters. The normalized spacial score (nSPS) is 12.2. The Hall–Kier alpha value is -3.00. The van der Waals surface area contributed by atoms with Gasteiger partial charge >= 0.3 is 0 Å². The Morgan fingerprint density at radius 1 is 0.739 bits per heavy atom. The molecular formula is C21H14N2. The Bertz CT molecular complexity index is 1050. The number of pyridine rings is 2. The average Bonchev–Trinajstić information content (AvgIpc) is 2.99. The van der Waals surface area contributed by atoms with Crippen molar-refractivity contribution in [3.63, 3.8) is 0 Å². The van der Waals surface area contributed by atoms with Gasteiger partial charge in [0.2, 0.25) is 0 Å². The van der Waals surface area contributed by atoms with Crippen molar-refractivity contribution in [1.29, 1.82) is 0 Å². The molecular weight excluding hydrogens is 280 g/mol. The molecule has 2 aromatic heterocycles. The summed E-state index contributed by atoms with van der Waals surface area (Å²) in [5.74, 6) is 0. The van der Waals surface area contributed by atoms with E-state index in [-0.39, 0.29) is 0 Å². The smallest absolute Gasteiger partial charge is 0.0747 e. The number of aromatic nitrogens is 2. The molecule has 0 amide bonds. The topological polar surface area (TPSA) is 25.8 Å². The van der Waals surface area contributed by atoms with Crippen molar-refractivity contribution < 1.29 is 0 Å². The van der Waals surface area contributed by atoms with E-state index in [0.717, 1.165) is 28.8 Å². The van der Waals surface area contributed by atoms with Crippen LogP contribution in [0.2, 0.25) is 0 Å². The summed E-state index contributed by atoms with van der Waals surface area (Å²) in [6.45, 7) is 0. The highest BCUT2D eigenvalue weighted by molar-refractivity contribution is 5.95. The summed E-state index contributed by atoms with van der Waals surface area (Å²) in [5.41, 5.74) is 7.27. The largest absolute Gasteiger partial charge is 0.264 e. The first-order valence-electron chi connectivity index (χ1n) is 7.81. The molecule has 5 rings (SSSR count). The van der Waals surface area contributed by atoms with E-state index in [4.69, 9.17) is 4.98 Å². The number of fused-ring (bicyclic) bond motifs is 4. The molecule has 0 aliphatic heterocycles. The van der Waals surface area contributed by atoms with E-state index < -0.39 is 0 Å². The summed E-state index contributed by atoms with van der Waals surface area (Å²) < 4.78 is 0. The van der Waals surface area contributed by atoms with Gasteiger partial charge in [0.1, 0.15) is 0 Å². The van der Waals surface area contributed by atoms with Gasteiger partial charge in [0.05, 0.1) is 11.4 Å². The van der Waals surface area contributed by atoms with Crippen LogP contribution in [-0.2, 0) is 6.42 Å². The molecule has 1 aliphatic carbocycles. The lowest BCUT2D eigenvalue weighted by Crippen LogP contribution is -1.90. The zero-order valence-corrected chi connectivity index (χ0v) is 12.5. The summed E-state index contributed by atoms with van der Waals surface area (Å²) in [5, 5.41) is 2.34. The van der Waals surface area contributed by atoms with Crippen LogP contribution in [0, 0.1) is 0 Å². The van der Waals surface area contributed by atoms with Gasteiger partial charge in [-0.3, -0.25) is 4.98 Å². The van der Waals surface area contributed by atoms with Gasteiger partial charge in [0.15, 0.2) is 0 Å². The summed E-state index contributed by atoms with van der Waals surface area (Å²) in [7, 11) is 0. The second kappa shape index (κ2) is 4.75. The Balaban J connectivity index is 1.74. The van der Waals surface area contributed by atoms with E-state index in [1.807, 2.05) is 12.4 Å². The van der Waals surface area contributed by atoms with E-state index in [1.165, 1.54) is 22.1 Å². The maximum Gasteiger partial charge on any atom is 0.0747 e. The molecule has 108 valence electrons. The van der Waals surface area contributed by atoms with Crippen molar-refractivity contribution in [2.75, 3.05) is 0 Å². The first kappa shape index (κ1) is 12.5. The predicted octanol–water partition coefficient (Wildman–Crippen LogP) is 4.87. The zero-order valence-electron chi connectivity index (χ0n) is 12.5. The minimum atomic E-state index is 0.984. The number of rotatable bonds is 1. The second-order valence-corrected chi connectivity index (χ2v) is 5.94. The molecule has 0 saturated heterocycles. The van der Waals surface area contributed by atoms with Crippen molar-refractivity contribution in [3.05, 3.63) is 84.2 Å². The SMILES string of the molecule is c1ccc2c(c1)Cc1ccc(-c3cccc4cnccc34)nc1-2. The van der Waals surface area contributed by atoms with Crippen LogP contribution in [0.5, 0.6) is 0 Å². The number of benzene rings is 2. The molecule has 1 aliphatic rings. The standard InChI is InChI=1S/C21H14N2/c1-2-6-18-14(4-1)12-15-8-9-20(23-21(15)18)19-7-3-5-16-13-22-11-10-17(16)19/h1-11,13H,12H2. The highest BCUT2D eigenvalue weighted by Gasteiger charge is 2.20. The van der Waals surface area contributed by atoms with Crippen LogP contribution in [-0.4, -0.2) is 9.97 Å². The number of hydrogen-bond donors (Lipinski definition) is 0. The van der Waals surface area contributed by atoms with Gasteiger partial charge in [-0.1, -0.05) is 48.5 Å². The van der Waals surface area contributed by atoms with Gasteiger partial charge in [0, 0.05) is 35.3 Å². The fourth-order valence-electron chi connectivity index (χ4n) is 3.47. The average molecular weight is 294 g/mol. The van der Waals surface area contributed by atoms with E-state index >= 15 is 0 Å². The molecule has 2 heteroatoms. The lowest BCUT2D eigenvalue weighted by molar-refractivity contribution is 1.23. The molecule has 23 heavy (non-hydrogen) atoms. The maximum atomic E-state index is 4.99. The second-order valence-electron chi connectivity index (χ2n) is 5.94. The quantitative estimate of drug-likeness (QED) is 0.441. The number of hydrogen-bond acceptors (Lipinski definition) is 2. The van der Waals surface area contributed by atoms with E-state index in [0.29, 0.717) is 0 Å². The van der Waals surface area contributed by atoms with Crippen LogP contribution in [0.3, 0.4) is 0 Å². The highest BCUT2D eigenvalue weighted by atomic mass is 14.7. The summed E-state index contributed by atoms with van der Waals surface area (Å²) >= 11 is 0. The fraction of sp³-hybridized carbons (Fsp3) is 0.0476.